The largest absolute Gasteiger partial charge is 0.497 e. The molecule has 1 aromatic carbocycles. The van der Waals surface area contributed by atoms with Crippen molar-refractivity contribution in [3.05, 3.63) is 29.8 Å². The van der Waals surface area contributed by atoms with Gasteiger partial charge in [0, 0.05) is 6.54 Å². The van der Waals surface area contributed by atoms with Gasteiger partial charge in [-0.05, 0) is 56.5 Å². The molecular weight excluding hydrogens is 238 g/mol. The molecule has 2 atom stereocenters. The minimum absolute atomic E-state index is 0.0646. The molecule has 19 heavy (non-hydrogen) atoms. The van der Waals surface area contributed by atoms with E-state index in [0.29, 0.717) is 5.92 Å². The first kappa shape index (κ1) is 14.4. The van der Waals surface area contributed by atoms with Crippen molar-refractivity contribution in [2.24, 2.45) is 5.92 Å². The molecule has 3 heteroatoms. The van der Waals surface area contributed by atoms with Crippen molar-refractivity contribution in [1.29, 1.82) is 0 Å². The lowest BCUT2D eigenvalue weighted by atomic mass is 10.0. The van der Waals surface area contributed by atoms with Gasteiger partial charge in [0.1, 0.15) is 5.75 Å². The van der Waals surface area contributed by atoms with Gasteiger partial charge < -0.3 is 14.7 Å². The summed E-state index contributed by atoms with van der Waals surface area (Å²) in [6.07, 6.45) is 4.40. The molecule has 1 aliphatic rings. The molecule has 1 aromatic rings. The molecule has 0 amide bonds. The van der Waals surface area contributed by atoms with E-state index in [-0.39, 0.29) is 6.10 Å². The molecule has 0 bridgehead atoms. The van der Waals surface area contributed by atoms with E-state index in [1.54, 1.807) is 7.11 Å². The van der Waals surface area contributed by atoms with E-state index in [1.807, 2.05) is 12.1 Å². The SMILES string of the molecule is COc1cccc(CN(C)CCC2CCCC2O)c1. The fourth-order valence-electron chi connectivity index (χ4n) is 2.90. The molecule has 1 fully saturated rings. The second-order valence-corrected chi connectivity index (χ2v) is 5.64. The predicted molar refractivity (Wildman–Crippen MR) is 77.3 cm³/mol. The number of hydrogen-bond donors (Lipinski definition) is 1. The van der Waals surface area contributed by atoms with Crippen molar-refractivity contribution in [2.75, 3.05) is 20.7 Å². The Morgan fingerprint density at radius 2 is 2.21 bits per heavy atom. The van der Waals surface area contributed by atoms with Crippen molar-refractivity contribution >= 4 is 0 Å². The first-order valence-electron chi connectivity index (χ1n) is 7.18. The van der Waals surface area contributed by atoms with Crippen LogP contribution in [0.2, 0.25) is 0 Å². The van der Waals surface area contributed by atoms with E-state index in [1.165, 1.54) is 18.4 Å². The number of nitrogens with zero attached hydrogens (tertiary/aromatic N) is 1. The second-order valence-electron chi connectivity index (χ2n) is 5.64. The summed E-state index contributed by atoms with van der Waals surface area (Å²) in [7, 11) is 3.84. The Labute approximate surface area is 116 Å². The van der Waals surface area contributed by atoms with Crippen LogP contribution in [0.1, 0.15) is 31.2 Å². The van der Waals surface area contributed by atoms with Crippen LogP contribution >= 0.6 is 0 Å². The molecule has 0 radical (unpaired) electrons. The number of methoxy groups -OCH3 is 1. The maximum Gasteiger partial charge on any atom is 0.119 e. The molecule has 0 heterocycles. The minimum atomic E-state index is -0.0646. The van der Waals surface area contributed by atoms with E-state index in [9.17, 15) is 5.11 Å². The monoisotopic (exact) mass is 263 g/mol. The smallest absolute Gasteiger partial charge is 0.119 e. The van der Waals surface area contributed by atoms with Crippen molar-refractivity contribution in [2.45, 2.75) is 38.3 Å². The molecular formula is C16H25NO2. The average Bonchev–Trinajstić information content (AvgIpc) is 2.82. The van der Waals surface area contributed by atoms with Crippen molar-refractivity contribution < 1.29 is 9.84 Å². The van der Waals surface area contributed by atoms with E-state index in [4.69, 9.17) is 4.74 Å². The fraction of sp³-hybridized carbons (Fsp3) is 0.625. The van der Waals surface area contributed by atoms with Crippen LogP contribution < -0.4 is 4.74 Å². The quantitative estimate of drug-likeness (QED) is 0.856. The molecule has 3 nitrogen and oxygen atoms in total. The van der Waals surface area contributed by atoms with Crippen LogP contribution in [-0.4, -0.2) is 36.8 Å². The van der Waals surface area contributed by atoms with Gasteiger partial charge in [-0.1, -0.05) is 18.6 Å². The molecule has 0 aromatic heterocycles. The van der Waals surface area contributed by atoms with Crippen molar-refractivity contribution in [3.63, 3.8) is 0 Å². The summed E-state index contributed by atoms with van der Waals surface area (Å²) in [4.78, 5) is 2.32. The van der Waals surface area contributed by atoms with Gasteiger partial charge in [-0.25, -0.2) is 0 Å². The molecule has 2 unspecified atom stereocenters. The summed E-state index contributed by atoms with van der Waals surface area (Å²) in [5.74, 6) is 1.42. The third-order valence-electron chi connectivity index (χ3n) is 4.09. The summed E-state index contributed by atoms with van der Waals surface area (Å²) in [6.45, 7) is 1.97. The van der Waals surface area contributed by atoms with Gasteiger partial charge in [-0.15, -0.1) is 0 Å². The van der Waals surface area contributed by atoms with E-state index < -0.39 is 0 Å². The first-order valence-corrected chi connectivity index (χ1v) is 7.18. The van der Waals surface area contributed by atoms with Crippen molar-refractivity contribution in [3.8, 4) is 5.75 Å². The normalized spacial score (nSPS) is 22.9. The molecule has 106 valence electrons. The molecule has 1 saturated carbocycles. The maximum atomic E-state index is 9.82. The van der Waals surface area contributed by atoms with Gasteiger partial charge >= 0.3 is 0 Å². The highest BCUT2D eigenvalue weighted by molar-refractivity contribution is 5.28. The van der Waals surface area contributed by atoms with Crippen LogP contribution in [0.5, 0.6) is 5.75 Å². The Morgan fingerprint density at radius 3 is 2.89 bits per heavy atom. The Morgan fingerprint density at radius 1 is 1.37 bits per heavy atom. The van der Waals surface area contributed by atoms with Gasteiger partial charge in [0.25, 0.3) is 0 Å². The Bertz CT molecular complexity index is 394. The number of rotatable bonds is 6. The van der Waals surface area contributed by atoms with E-state index >= 15 is 0 Å². The molecule has 0 aliphatic heterocycles. The summed E-state index contributed by atoms with van der Waals surface area (Å²) in [6, 6.07) is 8.21. The lowest BCUT2D eigenvalue weighted by Crippen LogP contribution is -2.24. The Balaban J connectivity index is 1.78. The van der Waals surface area contributed by atoms with E-state index in [2.05, 4.69) is 24.1 Å². The summed E-state index contributed by atoms with van der Waals surface area (Å²) in [5, 5.41) is 9.82. The molecule has 0 saturated heterocycles. The minimum Gasteiger partial charge on any atom is -0.497 e. The predicted octanol–water partition coefficient (Wildman–Crippen LogP) is 2.68. The topological polar surface area (TPSA) is 32.7 Å². The zero-order valence-corrected chi connectivity index (χ0v) is 12.0. The number of ether oxygens (including phenoxy) is 1. The van der Waals surface area contributed by atoms with Crippen LogP contribution in [-0.2, 0) is 6.54 Å². The third kappa shape index (κ3) is 4.22. The highest BCUT2D eigenvalue weighted by Gasteiger charge is 2.24. The molecule has 1 N–H and O–H groups in total. The highest BCUT2D eigenvalue weighted by Crippen LogP contribution is 2.28. The Kier molecular flexibility index (Phi) is 5.23. The summed E-state index contributed by atoms with van der Waals surface area (Å²) in [5.41, 5.74) is 1.27. The average molecular weight is 263 g/mol. The molecule has 1 aliphatic carbocycles. The lowest BCUT2D eigenvalue weighted by molar-refractivity contribution is 0.120. The first-order chi connectivity index (χ1) is 9.19. The van der Waals surface area contributed by atoms with Gasteiger partial charge in [0.15, 0.2) is 0 Å². The van der Waals surface area contributed by atoms with Gasteiger partial charge in [0.05, 0.1) is 13.2 Å². The van der Waals surface area contributed by atoms with Crippen LogP contribution in [0.25, 0.3) is 0 Å². The summed E-state index contributed by atoms with van der Waals surface area (Å²) < 4.78 is 5.24. The van der Waals surface area contributed by atoms with Crippen LogP contribution in [0.15, 0.2) is 24.3 Å². The number of hydrogen-bond acceptors (Lipinski definition) is 3. The van der Waals surface area contributed by atoms with Gasteiger partial charge in [-0.2, -0.15) is 0 Å². The lowest BCUT2D eigenvalue weighted by Gasteiger charge is -2.21. The summed E-state index contributed by atoms with van der Waals surface area (Å²) >= 11 is 0. The third-order valence-corrected chi connectivity index (χ3v) is 4.09. The maximum absolute atomic E-state index is 9.82. The number of aliphatic hydroxyl groups excluding tert-OH is 1. The van der Waals surface area contributed by atoms with Crippen molar-refractivity contribution in [1.82, 2.24) is 4.90 Å². The Hall–Kier alpha value is -1.06. The highest BCUT2D eigenvalue weighted by atomic mass is 16.5. The van der Waals surface area contributed by atoms with Gasteiger partial charge in [-0.3, -0.25) is 0 Å². The number of benzene rings is 1. The van der Waals surface area contributed by atoms with E-state index in [0.717, 1.165) is 31.7 Å². The van der Waals surface area contributed by atoms with Crippen LogP contribution in [0, 0.1) is 5.92 Å². The fourth-order valence-corrected chi connectivity index (χ4v) is 2.90. The van der Waals surface area contributed by atoms with Gasteiger partial charge in [0.2, 0.25) is 0 Å². The zero-order chi connectivity index (χ0) is 13.7. The van der Waals surface area contributed by atoms with Crippen LogP contribution in [0.4, 0.5) is 0 Å². The molecule has 2 rings (SSSR count). The second kappa shape index (κ2) is 6.92. The zero-order valence-electron chi connectivity index (χ0n) is 12.0. The standard InChI is InChI=1S/C16H25NO2/c1-17(10-9-14-6-4-8-16(14)18)12-13-5-3-7-15(11-13)19-2/h3,5,7,11,14,16,18H,4,6,8-10,12H2,1-2H3. The van der Waals surface area contributed by atoms with Crippen LogP contribution in [0.3, 0.4) is 0 Å². The molecule has 0 spiro atoms. The number of aliphatic hydroxyl groups is 1.